The Kier molecular flexibility index (Phi) is 2.71. The molecule has 1 saturated carbocycles. The molecule has 2 rings (SSSR count). The van der Waals surface area contributed by atoms with Crippen molar-refractivity contribution in [2.75, 3.05) is 7.11 Å². The first kappa shape index (κ1) is 10.1. The van der Waals surface area contributed by atoms with E-state index in [0.29, 0.717) is 5.92 Å². The highest BCUT2D eigenvalue weighted by atomic mass is 19.1. The Balaban J connectivity index is 2.17. The minimum atomic E-state index is -0.620. The number of carbonyl (C=O) groups is 1. The van der Waals surface area contributed by atoms with Crippen LogP contribution in [0.15, 0.2) is 18.2 Å². The molecule has 0 bridgehead atoms. The normalized spacial score (nSPS) is 15.1. The molecule has 1 fully saturated rings. The lowest BCUT2D eigenvalue weighted by Crippen LogP contribution is -2.05. The van der Waals surface area contributed by atoms with Gasteiger partial charge in [-0.3, -0.25) is 0 Å². The molecule has 0 aromatic heterocycles. The van der Waals surface area contributed by atoms with E-state index in [4.69, 9.17) is 0 Å². The fraction of sp³-hybridized carbons (Fsp3) is 0.417. The van der Waals surface area contributed by atoms with Crippen molar-refractivity contribution in [3.63, 3.8) is 0 Å². The molecule has 2 nitrogen and oxygen atoms in total. The van der Waals surface area contributed by atoms with E-state index >= 15 is 0 Å². The van der Waals surface area contributed by atoms with Gasteiger partial charge in [-0.05, 0) is 42.9 Å². The lowest BCUT2D eigenvalue weighted by Gasteiger charge is -2.04. The third-order valence-corrected chi connectivity index (χ3v) is 2.66. The van der Waals surface area contributed by atoms with Gasteiger partial charge in [-0.25, -0.2) is 9.18 Å². The summed E-state index contributed by atoms with van der Waals surface area (Å²) in [6.45, 7) is 0. The van der Waals surface area contributed by atoms with Crippen molar-refractivity contribution in [3.05, 3.63) is 35.1 Å². The van der Waals surface area contributed by atoms with Crippen LogP contribution in [0.25, 0.3) is 0 Å². The largest absolute Gasteiger partial charge is 0.465 e. The molecular weight excluding hydrogens is 195 g/mol. The predicted molar refractivity (Wildman–Crippen MR) is 54.2 cm³/mol. The number of rotatable bonds is 3. The van der Waals surface area contributed by atoms with Gasteiger partial charge >= 0.3 is 5.97 Å². The molecule has 1 aliphatic carbocycles. The number of ether oxygens (including phenoxy) is 1. The monoisotopic (exact) mass is 208 g/mol. The fourth-order valence-corrected chi connectivity index (χ4v) is 1.62. The summed E-state index contributed by atoms with van der Waals surface area (Å²) in [7, 11) is 1.25. The Labute approximate surface area is 88.1 Å². The molecule has 1 aliphatic rings. The van der Waals surface area contributed by atoms with Crippen molar-refractivity contribution >= 4 is 5.97 Å². The van der Waals surface area contributed by atoms with Crippen molar-refractivity contribution in [2.24, 2.45) is 5.92 Å². The standard InChI is InChI=1S/C12H13FO2/c1-15-12(14)10-5-4-9(7-11(10)13)6-8-2-3-8/h4-5,7-8H,2-3,6H2,1H3. The van der Waals surface area contributed by atoms with E-state index in [1.807, 2.05) is 0 Å². The molecule has 0 radical (unpaired) electrons. The van der Waals surface area contributed by atoms with Gasteiger partial charge in [0.25, 0.3) is 0 Å². The van der Waals surface area contributed by atoms with Gasteiger partial charge in [0.05, 0.1) is 12.7 Å². The molecule has 0 saturated heterocycles. The van der Waals surface area contributed by atoms with E-state index in [1.54, 1.807) is 6.07 Å². The van der Waals surface area contributed by atoms with E-state index in [2.05, 4.69) is 4.74 Å². The molecule has 0 heterocycles. The lowest BCUT2D eigenvalue weighted by molar-refractivity contribution is 0.0595. The minimum Gasteiger partial charge on any atom is -0.465 e. The van der Waals surface area contributed by atoms with Gasteiger partial charge in [-0.2, -0.15) is 0 Å². The maximum absolute atomic E-state index is 13.5. The van der Waals surface area contributed by atoms with E-state index in [1.165, 1.54) is 32.1 Å². The zero-order valence-electron chi connectivity index (χ0n) is 8.63. The summed E-state index contributed by atoms with van der Waals surface area (Å²) in [5.74, 6) is -0.390. The molecular formula is C12H13FO2. The van der Waals surface area contributed by atoms with E-state index in [9.17, 15) is 9.18 Å². The number of methoxy groups -OCH3 is 1. The first-order valence-electron chi connectivity index (χ1n) is 5.07. The molecule has 0 amide bonds. The van der Waals surface area contributed by atoms with Crippen LogP contribution in [-0.2, 0) is 11.2 Å². The third kappa shape index (κ3) is 2.35. The van der Waals surface area contributed by atoms with Crippen molar-refractivity contribution in [1.82, 2.24) is 0 Å². The maximum Gasteiger partial charge on any atom is 0.340 e. The van der Waals surface area contributed by atoms with Crippen LogP contribution in [0, 0.1) is 11.7 Å². The zero-order valence-corrected chi connectivity index (χ0v) is 8.63. The lowest BCUT2D eigenvalue weighted by atomic mass is 10.1. The topological polar surface area (TPSA) is 26.3 Å². The number of halogens is 1. The first-order chi connectivity index (χ1) is 7.20. The van der Waals surface area contributed by atoms with Crippen LogP contribution in [0.2, 0.25) is 0 Å². The highest BCUT2D eigenvalue weighted by molar-refractivity contribution is 5.89. The number of hydrogen-bond acceptors (Lipinski definition) is 2. The summed E-state index contributed by atoms with van der Waals surface area (Å²) in [6.07, 6.45) is 3.39. The SMILES string of the molecule is COC(=O)c1ccc(CC2CC2)cc1F. The summed E-state index contributed by atoms with van der Waals surface area (Å²) in [5.41, 5.74) is 0.972. The van der Waals surface area contributed by atoms with Gasteiger partial charge in [0.2, 0.25) is 0 Å². The predicted octanol–water partition coefficient (Wildman–Crippen LogP) is 2.56. The number of hydrogen-bond donors (Lipinski definition) is 0. The Morgan fingerprint density at radius 2 is 2.27 bits per heavy atom. The van der Waals surface area contributed by atoms with Crippen LogP contribution in [0.3, 0.4) is 0 Å². The van der Waals surface area contributed by atoms with Crippen molar-refractivity contribution in [3.8, 4) is 0 Å². The summed E-state index contributed by atoms with van der Waals surface area (Å²) in [6, 6.07) is 4.73. The van der Waals surface area contributed by atoms with Crippen molar-refractivity contribution in [2.45, 2.75) is 19.3 Å². The maximum atomic E-state index is 13.5. The average Bonchev–Trinajstić information content (AvgIpc) is 3.01. The van der Waals surface area contributed by atoms with Gasteiger partial charge < -0.3 is 4.74 Å². The molecule has 80 valence electrons. The van der Waals surface area contributed by atoms with Crippen molar-refractivity contribution < 1.29 is 13.9 Å². The summed E-state index contributed by atoms with van der Waals surface area (Å²) < 4.78 is 17.9. The van der Waals surface area contributed by atoms with Crippen LogP contribution in [0.5, 0.6) is 0 Å². The average molecular weight is 208 g/mol. The van der Waals surface area contributed by atoms with E-state index in [0.717, 1.165) is 12.0 Å². The third-order valence-electron chi connectivity index (χ3n) is 2.66. The van der Waals surface area contributed by atoms with Gasteiger partial charge in [-0.15, -0.1) is 0 Å². The van der Waals surface area contributed by atoms with Gasteiger partial charge in [0.1, 0.15) is 5.82 Å². The molecule has 0 spiro atoms. The summed E-state index contributed by atoms with van der Waals surface area (Å²) in [5, 5.41) is 0. The van der Waals surface area contributed by atoms with Crippen molar-refractivity contribution in [1.29, 1.82) is 0 Å². The summed E-state index contributed by atoms with van der Waals surface area (Å²) >= 11 is 0. The molecule has 0 unspecified atom stereocenters. The van der Waals surface area contributed by atoms with Gasteiger partial charge in [0, 0.05) is 0 Å². The molecule has 15 heavy (non-hydrogen) atoms. The first-order valence-corrected chi connectivity index (χ1v) is 5.07. The number of esters is 1. The summed E-state index contributed by atoms with van der Waals surface area (Å²) in [4.78, 5) is 11.1. The van der Waals surface area contributed by atoms with E-state index in [-0.39, 0.29) is 5.56 Å². The van der Waals surface area contributed by atoms with Crippen LogP contribution >= 0.6 is 0 Å². The molecule has 0 atom stereocenters. The fourth-order valence-electron chi connectivity index (χ4n) is 1.62. The van der Waals surface area contributed by atoms with Crippen LogP contribution in [0.4, 0.5) is 4.39 Å². The number of carbonyl (C=O) groups excluding carboxylic acids is 1. The smallest absolute Gasteiger partial charge is 0.340 e. The van der Waals surface area contributed by atoms with Crippen LogP contribution < -0.4 is 0 Å². The Hall–Kier alpha value is -1.38. The Morgan fingerprint density at radius 3 is 2.80 bits per heavy atom. The Bertz CT molecular complexity index is 383. The second kappa shape index (κ2) is 4.01. The second-order valence-corrected chi connectivity index (χ2v) is 3.95. The molecule has 0 aliphatic heterocycles. The van der Waals surface area contributed by atoms with Crippen LogP contribution in [-0.4, -0.2) is 13.1 Å². The minimum absolute atomic E-state index is 0.0112. The molecule has 3 heteroatoms. The highest BCUT2D eigenvalue weighted by Gasteiger charge is 2.22. The highest BCUT2D eigenvalue weighted by Crippen LogP contribution is 2.32. The van der Waals surface area contributed by atoms with Gasteiger partial charge in [0.15, 0.2) is 0 Å². The molecule has 1 aromatic carbocycles. The van der Waals surface area contributed by atoms with Crippen LogP contribution in [0.1, 0.15) is 28.8 Å². The quantitative estimate of drug-likeness (QED) is 0.713. The number of benzene rings is 1. The molecule has 0 N–H and O–H groups in total. The molecule has 1 aromatic rings. The van der Waals surface area contributed by atoms with E-state index < -0.39 is 11.8 Å². The zero-order chi connectivity index (χ0) is 10.8. The Morgan fingerprint density at radius 1 is 1.53 bits per heavy atom. The second-order valence-electron chi connectivity index (χ2n) is 3.95. The van der Waals surface area contributed by atoms with Gasteiger partial charge in [-0.1, -0.05) is 6.07 Å².